The number of rotatable bonds is 7. The van der Waals surface area contributed by atoms with Gasteiger partial charge in [-0.25, -0.2) is 0 Å². The van der Waals surface area contributed by atoms with Crippen molar-refractivity contribution in [2.45, 2.75) is 4.90 Å². The van der Waals surface area contributed by atoms with Gasteiger partial charge in [-0.05, 0) is 41.4 Å². The van der Waals surface area contributed by atoms with Crippen LogP contribution in [0.3, 0.4) is 0 Å². The summed E-state index contributed by atoms with van der Waals surface area (Å²) in [5.41, 5.74) is 13.8. The summed E-state index contributed by atoms with van der Waals surface area (Å²) in [7, 11) is -5.16. The maximum Gasteiger partial charge on any atom is 0.339 e. The summed E-state index contributed by atoms with van der Waals surface area (Å²) >= 11 is 0. The first-order chi connectivity index (χ1) is 19.3. The van der Waals surface area contributed by atoms with E-state index in [2.05, 4.69) is 20.1 Å². The Labute approximate surface area is 226 Å². The Balaban J connectivity index is 1.87. The number of ketones is 3. The van der Waals surface area contributed by atoms with Gasteiger partial charge in [0, 0.05) is 32.1 Å². The first-order valence-corrected chi connectivity index (χ1v) is 12.1. The standard InChI is InChI=1S/C23H12N6O11S/c24-28-26-17-16-10(20(34)23(37)18(17)27-29-25)2-1-3-15(16)41(38,39)40-14-7-9(6-13(32)22(14)36)19(33)8-4-11(30)21(35)12(31)5-8/h1-7,30-32,35-36H. The Kier molecular flexibility index (Phi) is 6.89. The molecule has 0 fully saturated rings. The van der Waals surface area contributed by atoms with Crippen LogP contribution in [0.2, 0.25) is 0 Å². The number of benzene rings is 3. The van der Waals surface area contributed by atoms with Gasteiger partial charge < -0.3 is 29.7 Å². The molecular formula is C23H12N6O11S. The Morgan fingerprint density at radius 2 is 1.32 bits per heavy atom. The Morgan fingerprint density at radius 3 is 1.90 bits per heavy atom. The van der Waals surface area contributed by atoms with Crippen LogP contribution in [0.4, 0.5) is 0 Å². The summed E-state index contributed by atoms with van der Waals surface area (Å²) in [6.45, 7) is 0. The summed E-state index contributed by atoms with van der Waals surface area (Å²) in [5, 5.41) is 55.6. The van der Waals surface area contributed by atoms with E-state index in [0.29, 0.717) is 12.1 Å². The molecule has 0 spiro atoms. The predicted molar refractivity (Wildman–Crippen MR) is 133 cm³/mol. The summed E-state index contributed by atoms with van der Waals surface area (Å²) in [5.74, 6) is -9.60. The molecule has 0 saturated heterocycles. The molecule has 0 atom stereocenters. The van der Waals surface area contributed by atoms with Crippen molar-refractivity contribution in [3.63, 3.8) is 0 Å². The number of phenolic OH excluding ortho intramolecular Hbond substituents is 5. The van der Waals surface area contributed by atoms with Crippen molar-refractivity contribution in [3.8, 4) is 34.5 Å². The minimum Gasteiger partial charge on any atom is -0.504 e. The summed E-state index contributed by atoms with van der Waals surface area (Å²) in [6.07, 6.45) is 0. The number of allylic oxidation sites excluding steroid dienone is 1. The van der Waals surface area contributed by atoms with E-state index in [1.807, 2.05) is 0 Å². The van der Waals surface area contributed by atoms with E-state index in [4.69, 9.17) is 15.2 Å². The molecule has 206 valence electrons. The van der Waals surface area contributed by atoms with E-state index in [1.165, 1.54) is 0 Å². The molecule has 0 radical (unpaired) electrons. The van der Waals surface area contributed by atoms with Crippen LogP contribution in [-0.2, 0) is 14.9 Å². The van der Waals surface area contributed by atoms with Crippen LogP contribution in [-0.4, -0.2) is 51.3 Å². The summed E-state index contributed by atoms with van der Waals surface area (Å²) in [6, 6.07) is 5.84. The third kappa shape index (κ3) is 4.75. The molecule has 0 amide bonds. The number of carbonyl (C=O) groups is 3. The van der Waals surface area contributed by atoms with Gasteiger partial charge in [0.25, 0.3) is 0 Å². The number of phenols is 5. The molecule has 1 aliphatic carbocycles. The molecule has 0 unspecified atom stereocenters. The topological polar surface area (TPSA) is 293 Å². The van der Waals surface area contributed by atoms with Crippen molar-refractivity contribution < 1.29 is 52.5 Å². The lowest BCUT2D eigenvalue weighted by atomic mass is 9.91. The molecule has 4 rings (SSSR count). The zero-order valence-electron chi connectivity index (χ0n) is 19.8. The zero-order chi connectivity index (χ0) is 30.2. The van der Waals surface area contributed by atoms with Crippen molar-refractivity contribution in [1.82, 2.24) is 0 Å². The fourth-order valence-corrected chi connectivity index (χ4v) is 4.92. The van der Waals surface area contributed by atoms with E-state index < -0.39 is 101 Å². The van der Waals surface area contributed by atoms with Crippen LogP contribution >= 0.6 is 0 Å². The van der Waals surface area contributed by atoms with Gasteiger partial charge in [-0.15, -0.1) is 0 Å². The molecule has 18 heteroatoms. The lowest BCUT2D eigenvalue weighted by Crippen LogP contribution is -2.25. The van der Waals surface area contributed by atoms with Gasteiger partial charge in [0.1, 0.15) is 4.90 Å². The van der Waals surface area contributed by atoms with Crippen molar-refractivity contribution in [2.24, 2.45) is 10.2 Å². The largest absolute Gasteiger partial charge is 0.504 e. The van der Waals surface area contributed by atoms with Crippen LogP contribution in [0.15, 0.2) is 63.3 Å². The zero-order valence-corrected chi connectivity index (χ0v) is 20.6. The van der Waals surface area contributed by atoms with E-state index >= 15 is 0 Å². The fraction of sp³-hybridized carbons (Fsp3) is 0. The molecule has 5 N–H and O–H groups in total. The lowest BCUT2D eigenvalue weighted by Gasteiger charge is -2.20. The Morgan fingerprint density at radius 1 is 0.780 bits per heavy atom. The minimum absolute atomic E-state index is 0.424. The van der Waals surface area contributed by atoms with Gasteiger partial charge in [-0.1, -0.05) is 22.4 Å². The Hall–Kier alpha value is -6.22. The van der Waals surface area contributed by atoms with Crippen molar-refractivity contribution in [2.75, 3.05) is 0 Å². The highest BCUT2D eigenvalue weighted by Crippen LogP contribution is 2.42. The average Bonchev–Trinajstić information content (AvgIpc) is 2.93. The fourth-order valence-electron chi connectivity index (χ4n) is 3.76. The molecule has 0 saturated carbocycles. The molecule has 0 aromatic heterocycles. The number of carbonyl (C=O) groups excluding carboxylic acids is 3. The highest BCUT2D eigenvalue weighted by atomic mass is 32.2. The van der Waals surface area contributed by atoms with Gasteiger partial charge in [0.2, 0.25) is 17.3 Å². The minimum atomic E-state index is -5.16. The molecule has 0 heterocycles. The maximum absolute atomic E-state index is 13.4. The molecule has 17 nitrogen and oxygen atoms in total. The van der Waals surface area contributed by atoms with Gasteiger partial charge >= 0.3 is 10.1 Å². The second kappa shape index (κ2) is 10.2. The predicted octanol–water partition coefficient (Wildman–Crippen LogP) is 3.27. The van der Waals surface area contributed by atoms with Crippen LogP contribution in [0.5, 0.6) is 34.5 Å². The third-order valence-electron chi connectivity index (χ3n) is 5.56. The number of nitrogens with zero attached hydrogens (tertiary/aromatic N) is 6. The van der Waals surface area contributed by atoms with Gasteiger partial charge in [0.15, 0.2) is 34.5 Å². The molecule has 41 heavy (non-hydrogen) atoms. The molecule has 0 aliphatic heterocycles. The highest BCUT2D eigenvalue weighted by molar-refractivity contribution is 7.87. The molecular weight excluding hydrogens is 568 g/mol. The average molecular weight is 580 g/mol. The summed E-state index contributed by atoms with van der Waals surface area (Å²) < 4.78 is 31.7. The molecule has 3 aromatic carbocycles. The SMILES string of the molecule is [N-]=[N+]=NC1=C(N=[N+]=[N-])c2c(cccc2S(=O)(=O)Oc2cc(C(=O)c3cc(O)c(O)c(O)c3)cc(O)c2O)C(=O)C1=O. The van der Waals surface area contributed by atoms with Crippen molar-refractivity contribution >= 4 is 33.2 Å². The van der Waals surface area contributed by atoms with E-state index in [0.717, 1.165) is 30.3 Å². The number of aromatic hydroxyl groups is 5. The van der Waals surface area contributed by atoms with Crippen LogP contribution in [0.1, 0.15) is 31.8 Å². The van der Waals surface area contributed by atoms with E-state index in [-0.39, 0.29) is 0 Å². The highest BCUT2D eigenvalue weighted by Gasteiger charge is 2.37. The number of fused-ring (bicyclic) bond motifs is 1. The lowest BCUT2D eigenvalue weighted by molar-refractivity contribution is -0.111. The van der Waals surface area contributed by atoms with Gasteiger partial charge in [-0.2, -0.15) is 8.42 Å². The third-order valence-corrected chi connectivity index (χ3v) is 6.84. The normalized spacial score (nSPS) is 12.7. The monoisotopic (exact) mass is 580 g/mol. The number of Topliss-reactive ketones (excluding diaryl/α,β-unsaturated/α-hetero) is 2. The second-order valence-corrected chi connectivity index (χ2v) is 9.50. The summed E-state index contributed by atoms with van der Waals surface area (Å²) in [4.78, 5) is 41.9. The quantitative estimate of drug-likeness (QED) is 0.0513. The first-order valence-electron chi connectivity index (χ1n) is 10.7. The van der Waals surface area contributed by atoms with Gasteiger partial charge in [-0.3, -0.25) is 14.4 Å². The molecule has 0 bridgehead atoms. The number of hydrogen-bond acceptors (Lipinski definition) is 13. The number of hydrogen-bond donors (Lipinski definition) is 5. The second-order valence-electron chi connectivity index (χ2n) is 7.98. The first kappa shape index (κ1) is 27.8. The Bertz CT molecular complexity index is 1930. The van der Waals surface area contributed by atoms with Crippen molar-refractivity contribution in [1.29, 1.82) is 0 Å². The van der Waals surface area contributed by atoms with E-state index in [1.54, 1.807) is 0 Å². The van der Waals surface area contributed by atoms with Crippen LogP contribution < -0.4 is 4.18 Å². The van der Waals surface area contributed by atoms with Crippen molar-refractivity contribution in [3.05, 3.63) is 91.3 Å². The number of azide groups is 2. The van der Waals surface area contributed by atoms with Crippen LogP contribution in [0, 0.1) is 0 Å². The molecule has 3 aromatic rings. The van der Waals surface area contributed by atoms with Gasteiger partial charge in [0.05, 0.1) is 11.4 Å². The van der Waals surface area contributed by atoms with E-state index in [9.17, 15) is 48.3 Å². The van der Waals surface area contributed by atoms with Crippen LogP contribution in [0.25, 0.3) is 26.6 Å². The smallest absolute Gasteiger partial charge is 0.339 e. The maximum atomic E-state index is 13.4. The molecule has 1 aliphatic rings.